The zero-order valence-electron chi connectivity index (χ0n) is 29.8. The van der Waals surface area contributed by atoms with E-state index in [-0.39, 0.29) is 34.5 Å². The summed E-state index contributed by atoms with van der Waals surface area (Å²) in [4.78, 5) is 30.1. The van der Waals surface area contributed by atoms with Crippen molar-refractivity contribution in [2.75, 3.05) is 38.3 Å². The topological polar surface area (TPSA) is 124 Å². The molecule has 51 heavy (non-hydrogen) atoms. The standard InChI is InChI=1S/C38H46ClN5O6S/c1-24-30(21-43(4)40-24)35(45)41-51(47)28-12-15-34-32(19-28)44(22-38(23-49-34)16-6-8-25-18-27(39)11-14-31(25)38)20-26-10-13-29(26)33(48-5)9-7-17-50-37(2,3)36(46)42-51/h7,9,11-12,14-15,18-19,21,26,29,33H,6,8,10,13,16-17,20,22-23H2,1-5H3,(H,41,42,45,46,47)/t26-,29+,33-,38-,51?/m0/s1. The van der Waals surface area contributed by atoms with E-state index in [0.29, 0.717) is 37.1 Å². The zero-order chi connectivity index (χ0) is 36.1. The number of rotatable bonds is 3. The molecule has 1 N–H and O–H groups in total. The van der Waals surface area contributed by atoms with Gasteiger partial charge < -0.3 is 19.1 Å². The normalized spacial score (nSPS) is 28.8. The molecule has 2 bridgehead atoms. The van der Waals surface area contributed by atoms with Crippen molar-refractivity contribution >= 4 is 39.0 Å². The SMILES string of the molecule is CO[C@H]1C=CCOC(C)(C)C(=O)N=S(=O)(NC(=O)c2cn(C)nc2C)c2ccc3c(c2)N(C[C@@H]2CC[C@H]21)C[C@@]1(CCCc2cc(Cl)ccc21)CO3. The van der Waals surface area contributed by atoms with Crippen molar-refractivity contribution < 1.29 is 28.0 Å². The predicted molar refractivity (Wildman–Crippen MR) is 196 cm³/mol. The number of halogens is 1. The molecule has 7 rings (SSSR count). The van der Waals surface area contributed by atoms with Crippen molar-refractivity contribution in [3.05, 3.63) is 82.2 Å². The van der Waals surface area contributed by atoms with Crippen LogP contribution in [0.3, 0.4) is 0 Å². The first-order valence-electron chi connectivity index (χ1n) is 17.6. The van der Waals surface area contributed by atoms with Gasteiger partial charge in [-0.3, -0.25) is 19.0 Å². The number of fused-ring (bicyclic) bond motifs is 4. The summed E-state index contributed by atoms with van der Waals surface area (Å²) in [5.74, 6) is -0.186. The number of amides is 2. The number of hydrogen-bond donors (Lipinski definition) is 1. The van der Waals surface area contributed by atoms with Gasteiger partial charge >= 0.3 is 0 Å². The van der Waals surface area contributed by atoms with E-state index in [1.165, 1.54) is 15.8 Å². The lowest BCUT2D eigenvalue weighted by atomic mass is 9.68. The molecule has 2 aromatic carbocycles. The molecule has 1 unspecified atom stereocenters. The van der Waals surface area contributed by atoms with Crippen LogP contribution in [0, 0.1) is 18.8 Å². The third-order valence-corrected chi connectivity index (χ3v) is 13.0. The second kappa shape index (κ2) is 13.7. The van der Waals surface area contributed by atoms with E-state index in [0.717, 1.165) is 42.8 Å². The maximum absolute atomic E-state index is 15.1. The number of benzene rings is 2. The van der Waals surface area contributed by atoms with Gasteiger partial charge in [-0.05, 0) is 106 Å². The molecule has 5 atom stereocenters. The molecule has 0 radical (unpaired) electrons. The molecule has 1 spiro atoms. The third-order valence-electron chi connectivity index (χ3n) is 11.0. The van der Waals surface area contributed by atoms with Crippen molar-refractivity contribution in [1.29, 1.82) is 0 Å². The Labute approximate surface area is 305 Å². The first kappa shape index (κ1) is 35.7. The Kier molecular flexibility index (Phi) is 9.58. The van der Waals surface area contributed by atoms with Gasteiger partial charge in [-0.1, -0.05) is 29.8 Å². The van der Waals surface area contributed by atoms with E-state index in [1.54, 1.807) is 59.3 Å². The quantitative estimate of drug-likeness (QED) is 0.327. The Morgan fingerprint density at radius 2 is 2.00 bits per heavy atom. The molecule has 4 aliphatic rings. The van der Waals surface area contributed by atoms with Crippen molar-refractivity contribution in [3.8, 4) is 5.75 Å². The number of anilines is 1. The molecule has 2 amide bonds. The summed E-state index contributed by atoms with van der Waals surface area (Å²) < 4.78 is 42.2. The fourth-order valence-corrected chi connectivity index (χ4v) is 9.87. The van der Waals surface area contributed by atoms with E-state index >= 15 is 4.21 Å². The molecule has 3 heterocycles. The Balaban J connectivity index is 1.38. The maximum atomic E-state index is 15.1. The highest BCUT2D eigenvalue weighted by Gasteiger charge is 2.45. The molecular formula is C38H46ClN5O6S. The minimum atomic E-state index is -3.89. The fraction of sp³-hybridized carbons (Fsp3) is 0.500. The van der Waals surface area contributed by atoms with Crippen molar-refractivity contribution in [3.63, 3.8) is 0 Å². The number of carbonyl (C=O) groups excluding carboxylic acids is 2. The Hall–Kier alpha value is -3.71. The maximum Gasteiger partial charge on any atom is 0.287 e. The van der Waals surface area contributed by atoms with E-state index in [4.69, 9.17) is 25.8 Å². The number of methoxy groups -OCH3 is 1. The van der Waals surface area contributed by atoms with Gasteiger partial charge in [-0.25, -0.2) is 4.21 Å². The smallest absolute Gasteiger partial charge is 0.287 e. The highest BCUT2D eigenvalue weighted by atomic mass is 35.5. The monoisotopic (exact) mass is 735 g/mol. The summed E-state index contributed by atoms with van der Waals surface area (Å²) in [6, 6.07) is 11.4. The molecular weight excluding hydrogens is 690 g/mol. The first-order valence-corrected chi connectivity index (χ1v) is 19.5. The largest absolute Gasteiger partial charge is 0.490 e. The molecule has 2 aliphatic heterocycles. The summed E-state index contributed by atoms with van der Waals surface area (Å²) >= 11 is 6.47. The number of nitrogens with zero attached hydrogens (tertiary/aromatic N) is 4. The first-order chi connectivity index (χ1) is 24.3. The minimum Gasteiger partial charge on any atom is -0.490 e. The van der Waals surface area contributed by atoms with E-state index < -0.39 is 27.3 Å². The van der Waals surface area contributed by atoms with Crippen LogP contribution >= 0.6 is 11.6 Å². The van der Waals surface area contributed by atoms with Crippen LogP contribution in [0.5, 0.6) is 5.75 Å². The molecule has 3 aromatic rings. The molecule has 1 aromatic heterocycles. The van der Waals surface area contributed by atoms with Crippen LogP contribution in [-0.2, 0) is 43.1 Å². The van der Waals surface area contributed by atoms with Gasteiger partial charge in [-0.15, -0.1) is 4.36 Å². The lowest BCUT2D eigenvalue weighted by molar-refractivity contribution is -0.137. The number of carbonyl (C=O) groups is 2. The molecule has 272 valence electrons. The summed E-state index contributed by atoms with van der Waals surface area (Å²) in [6.07, 6.45) is 10.3. The average Bonchev–Trinajstić information content (AvgIpc) is 3.34. The number of aromatic nitrogens is 2. The second-order valence-corrected chi connectivity index (χ2v) is 17.2. The van der Waals surface area contributed by atoms with Crippen molar-refractivity contribution in [2.45, 2.75) is 74.9 Å². The minimum absolute atomic E-state index is 0.117. The lowest BCUT2D eigenvalue weighted by Gasteiger charge is -2.46. The van der Waals surface area contributed by atoms with Crippen LogP contribution in [0.2, 0.25) is 5.02 Å². The highest BCUT2D eigenvalue weighted by Crippen LogP contribution is 2.47. The van der Waals surface area contributed by atoms with Gasteiger partial charge in [0.05, 0.1) is 41.2 Å². The summed E-state index contributed by atoms with van der Waals surface area (Å²) in [5, 5.41) is 4.99. The molecule has 1 fully saturated rings. The molecule has 11 nitrogen and oxygen atoms in total. The van der Waals surface area contributed by atoms with Gasteiger partial charge in [0.15, 0.2) is 9.92 Å². The number of aryl methyl sites for hydroxylation is 3. The van der Waals surface area contributed by atoms with Crippen LogP contribution in [0.15, 0.2) is 64.0 Å². The number of nitrogens with one attached hydrogen (secondary N) is 1. The molecule has 1 saturated carbocycles. The Morgan fingerprint density at radius 1 is 1.18 bits per heavy atom. The van der Waals surface area contributed by atoms with Crippen molar-refractivity contribution in [2.24, 2.45) is 23.2 Å². The lowest BCUT2D eigenvalue weighted by Crippen LogP contribution is -2.49. The fourth-order valence-electron chi connectivity index (χ4n) is 8.07. The van der Waals surface area contributed by atoms with E-state index in [2.05, 4.69) is 31.2 Å². The average molecular weight is 736 g/mol. The van der Waals surface area contributed by atoms with Crippen LogP contribution in [0.25, 0.3) is 0 Å². The van der Waals surface area contributed by atoms with Crippen LogP contribution in [0.4, 0.5) is 5.69 Å². The third kappa shape index (κ3) is 6.83. The molecule has 2 aliphatic carbocycles. The molecule has 13 heteroatoms. The van der Waals surface area contributed by atoms with E-state index in [9.17, 15) is 9.59 Å². The Bertz CT molecular complexity index is 2020. The summed E-state index contributed by atoms with van der Waals surface area (Å²) in [7, 11) is -0.460. The van der Waals surface area contributed by atoms with Gasteiger partial charge in [0.2, 0.25) is 0 Å². The van der Waals surface area contributed by atoms with Gasteiger partial charge in [0, 0.05) is 43.9 Å². The zero-order valence-corrected chi connectivity index (χ0v) is 31.4. The second-order valence-electron chi connectivity index (χ2n) is 14.8. The van der Waals surface area contributed by atoms with Crippen molar-refractivity contribution in [1.82, 2.24) is 14.5 Å². The van der Waals surface area contributed by atoms with Crippen LogP contribution < -0.4 is 14.4 Å². The van der Waals surface area contributed by atoms with Crippen LogP contribution in [-0.4, -0.2) is 70.9 Å². The summed E-state index contributed by atoms with van der Waals surface area (Å²) in [5.41, 5.74) is 2.16. The summed E-state index contributed by atoms with van der Waals surface area (Å²) in [6.45, 7) is 6.82. The van der Waals surface area contributed by atoms with Crippen LogP contribution in [0.1, 0.15) is 66.7 Å². The predicted octanol–water partition coefficient (Wildman–Crippen LogP) is 5.96. The number of hydrogen-bond acceptors (Lipinski definition) is 8. The Morgan fingerprint density at radius 3 is 2.73 bits per heavy atom. The van der Waals surface area contributed by atoms with Gasteiger partial charge in [0.1, 0.15) is 11.4 Å². The molecule has 0 saturated heterocycles. The van der Waals surface area contributed by atoms with E-state index in [1.807, 2.05) is 18.2 Å². The van der Waals surface area contributed by atoms with Gasteiger partial charge in [0.25, 0.3) is 11.8 Å². The highest BCUT2D eigenvalue weighted by molar-refractivity contribution is 7.92. The number of ether oxygens (including phenoxy) is 3. The van der Waals surface area contributed by atoms with Gasteiger partial charge in [-0.2, -0.15) is 5.10 Å².